The summed E-state index contributed by atoms with van der Waals surface area (Å²) in [5.74, 6) is 1.32. The van der Waals surface area contributed by atoms with Crippen LogP contribution >= 0.6 is 0 Å². The van der Waals surface area contributed by atoms with E-state index in [-0.39, 0.29) is 18.1 Å². The van der Waals surface area contributed by atoms with Crippen molar-refractivity contribution in [1.82, 2.24) is 0 Å². The number of amides is 1. The van der Waals surface area contributed by atoms with Gasteiger partial charge < -0.3 is 14.8 Å². The van der Waals surface area contributed by atoms with Gasteiger partial charge >= 0.3 is 0 Å². The van der Waals surface area contributed by atoms with E-state index in [4.69, 9.17) is 9.47 Å². The first-order chi connectivity index (χ1) is 11.5. The molecular formula is C20H25NO3. The van der Waals surface area contributed by atoms with Crippen LogP contribution in [-0.2, 0) is 0 Å². The van der Waals surface area contributed by atoms with Crippen LogP contribution in [-0.4, -0.2) is 18.1 Å². The Hall–Kier alpha value is -2.49. The van der Waals surface area contributed by atoms with E-state index in [1.165, 1.54) is 0 Å². The second-order valence-corrected chi connectivity index (χ2v) is 6.01. The van der Waals surface area contributed by atoms with Crippen LogP contribution in [0.4, 0.5) is 5.69 Å². The molecule has 0 fully saturated rings. The van der Waals surface area contributed by atoms with Crippen LogP contribution in [0.1, 0.15) is 44.5 Å². The second-order valence-electron chi connectivity index (χ2n) is 6.01. The van der Waals surface area contributed by atoms with Crippen molar-refractivity contribution in [3.05, 3.63) is 54.1 Å². The third-order valence-corrected chi connectivity index (χ3v) is 3.49. The fourth-order valence-electron chi connectivity index (χ4n) is 2.12. The van der Waals surface area contributed by atoms with Gasteiger partial charge in [0.2, 0.25) is 0 Å². The Morgan fingerprint density at radius 1 is 1.00 bits per heavy atom. The van der Waals surface area contributed by atoms with Crippen LogP contribution in [0.2, 0.25) is 0 Å². The minimum Gasteiger partial charge on any atom is -0.491 e. The Kier molecular flexibility index (Phi) is 6.24. The molecule has 0 heterocycles. The topological polar surface area (TPSA) is 47.6 Å². The molecule has 1 N–H and O–H groups in total. The molecule has 0 saturated heterocycles. The molecule has 2 aromatic carbocycles. The highest BCUT2D eigenvalue weighted by Gasteiger charge is 2.08. The van der Waals surface area contributed by atoms with Gasteiger partial charge in [-0.15, -0.1) is 0 Å². The van der Waals surface area contributed by atoms with Crippen molar-refractivity contribution < 1.29 is 14.3 Å². The summed E-state index contributed by atoms with van der Waals surface area (Å²) in [6.07, 6.45) is 1.20. The summed E-state index contributed by atoms with van der Waals surface area (Å²) in [6, 6.07) is 14.6. The van der Waals surface area contributed by atoms with Crippen molar-refractivity contribution in [1.29, 1.82) is 0 Å². The molecule has 0 bridgehead atoms. The summed E-state index contributed by atoms with van der Waals surface area (Å²) in [5, 5.41) is 2.88. The summed E-state index contributed by atoms with van der Waals surface area (Å²) >= 11 is 0. The molecule has 4 nitrogen and oxygen atoms in total. The molecule has 1 amide bonds. The van der Waals surface area contributed by atoms with Crippen molar-refractivity contribution in [2.45, 2.75) is 46.3 Å². The van der Waals surface area contributed by atoms with E-state index in [2.05, 4.69) is 12.2 Å². The molecule has 0 aliphatic carbocycles. The van der Waals surface area contributed by atoms with Crippen molar-refractivity contribution in [2.75, 3.05) is 5.32 Å². The average Bonchev–Trinajstić information content (AvgIpc) is 2.56. The van der Waals surface area contributed by atoms with Crippen LogP contribution in [0, 0.1) is 0 Å². The Morgan fingerprint density at radius 3 is 2.33 bits per heavy atom. The van der Waals surface area contributed by atoms with Gasteiger partial charge in [0.05, 0.1) is 12.2 Å². The molecule has 24 heavy (non-hydrogen) atoms. The predicted molar refractivity (Wildman–Crippen MR) is 97.0 cm³/mol. The zero-order valence-corrected chi connectivity index (χ0v) is 14.7. The summed E-state index contributed by atoms with van der Waals surface area (Å²) in [6.45, 7) is 8.02. The predicted octanol–water partition coefficient (Wildman–Crippen LogP) is 4.90. The van der Waals surface area contributed by atoms with Crippen molar-refractivity contribution in [3.63, 3.8) is 0 Å². The number of ether oxygens (including phenoxy) is 2. The second kappa shape index (κ2) is 8.39. The standard InChI is InChI=1S/C20H25NO3/c1-5-15(4)24-18-11-9-17(10-12-18)21-20(22)16-7-6-8-19(13-16)23-14(2)3/h6-15H,5H2,1-4H3,(H,21,22). The highest BCUT2D eigenvalue weighted by Crippen LogP contribution is 2.20. The van der Waals surface area contributed by atoms with E-state index in [9.17, 15) is 4.79 Å². The summed E-state index contributed by atoms with van der Waals surface area (Å²) in [7, 11) is 0. The summed E-state index contributed by atoms with van der Waals surface area (Å²) in [4.78, 5) is 12.4. The largest absolute Gasteiger partial charge is 0.491 e. The normalized spacial score (nSPS) is 11.9. The Morgan fingerprint density at radius 2 is 1.71 bits per heavy atom. The number of hydrogen-bond acceptors (Lipinski definition) is 3. The lowest BCUT2D eigenvalue weighted by atomic mass is 10.2. The van der Waals surface area contributed by atoms with Gasteiger partial charge in [-0.25, -0.2) is 0 Å². The molecule has 0 aromatic heterocycles. The van der Waals surface area contributed by atoms with Crippen molar-refractivity contribution >= 4 is 11.6 Å². The Bertz CT molecular complexity index is 665. The summed E-state index contributed by atoms with van der Waals surface area (Å²) < 4.78 is 11.4. The maximum atomic E-state index is 12.4. The van der Waals surface area contributed by atoms with E-state index in [1.807, 2.05) is 57.2 Å². The molecule has 2 rings (SSSR count). The van der Waals surface area contributed by atoms with E-state index in [0.29, 0.717) is 11.3 Å². The average molecular weight is 327 g/mol. The molecule has 0 spiro atoms. The highest BCUT2D eigenvalue weighted by atomic mass is 16.5. The van der Waals surface area contributed by atoms with Gasteiger partial charge in [0.25, 0.3) is 5.91 Å². The van der Waals surface area contributed by atoms with Crippen LogP contribution in [0.3, 0.4) is 0 Å². The minimum absolute atomic E-state index is 0.0707. The zero-order chi connectivity index (χ0) is 17.5. The van der Waals surface area contributed by atoms with Crippen LogP contribution < -0.4 is 14.8 Å². The first kappa shape index (κ1) is 17.9. The third kappa shape index (κ3) is 5.30. The van der Waals surface area contributed by atoms with Gasteiger partial charge in [-0.3, -0.25) is 4.79 Å². The first-order valence-corrected chi connectivity index (χ1v) is 8.32. The molecule has 2 aromatic rings. The lowest BCUT2D eigenvalue weighted by Gasteiger charge is -2.13. The number of anilines is 1. The molecule has 1 unspecified atom stereocenters. The molecular weight excluding hydrogens is 302 g/mol. The van der Waals surface area contributed by atoms with Crippen LogP contribution in [0.15, 0.2) is 48.5 Å². The van der Waals surface area contributed by atoms with E-state index < -0.39 is 0 Å². The molecule has 0 aliphatic heterocycles. The summed E-state index contributed by atoms with van der Waals surface area (Å²) in [5.41, 5.74) is 1.29. The zero-order valence-electron chi connectivity index (χ0n) is 14.7. The molecule has 0 aliphatic rings. The van der Waals surface area contributed by atoms with E-state index >= 15 is 0 Å². The fraction of sp³-hybridized carbons (Fsp3) is 0.350. The number of benzene rings is 2. The van der Waals surface area contributed by atoms with Gasteiger partial charge in [-0.2, -0.15) is 0 Å². The van der Waals surface area contributed by atoms with Crippen molar-refractivity contribution in [3.8, 4) is 11.5 Å². The quantitative estimate of drug-likeness (QED) is 0.786. The highest BCUT2D eigenvalue weighted by molar-refractivity contribution is 6.04. The Labute approximate surface area is 143 Å². The molecule has 128 valence electrons. The van der Waals surface area contributed by atoms with Crippen molar-refractivity contribution in [2.24, 2.45) is 0 Å². The molecule has 1 atom stereocenters. The number of rotatable bonds is 7. The molecule has 0 radical (unpaired) electrons. The maximum absolute atomic E-state index is 12.4. The van der Waals surface area contributed by atoms with E-state index in [0.717, 1.165) is 17.9 Å². The van der Waals surface area contributed by atoms with Crippen LogP contribution in [0.25, 0.3) is 0 Å². The number of carbonyl (C=O) groups excluding carboxylic acids is 1. The molecule has 0 saturated carbocycles. The monoisotopic (exact) mass is 327 g/mol. The van der Waals surface area contributed by atoms with Gasteiger partial charge in [0, 0.05) is 11.3 Å². The lowest BCUT2D eigenvalue weighted by Crippen LogP contribution is -2.13. The smallest absolute Gasteiger partial charge is 0.255 e. The maximum Gasteiger partial charge on any atom is 0.255 e. The minimum atomic E-state index is -0.167. The first-order valence-electron chi connectivity index (χ1n) is 8.32. The van der Waals surface area contributed by atoms with E-state index in [1.54, 1.807) is 12.1 Å². The SMILES string of the molecule is CCC(C)Oc1ccc(NC(=O)c2cccc(OC(C)C)c2)cc1. The number of nitrogens with one attached hydrogen (secondary N) is 1. The third-order valence-electron chi connectivity index (χ3n) is 3.49. The van der Waals surface area contributed by atoms with Gasteiger partial charge in [-0.05, 0) is 69.7 Å². The van der Waals surface area contributed by atoms with Crippen LogP contribution in [0.5, 0.6) is 11.5 Å². The molecule has 4 heteroatoms. The van der Waals surface area contributed by atoms with Gasteiger partial charge in [0.1, 0.15) is 11.5 Å². The number of carbonyl (C=O) groups is 1. The fourth-order valence-corrected chi connectivity index (χ4v) is 2.12. The number of hydrogen-bond donors (Lipinski definition) is 1. The van der Waals surface area contributed by atoms with Gasteiger partial charge in [0.15, 0.2) is 0 Å². The lowest BCUT2D eigenvalue weighted by molar-refractivity contribution is 0.102. The van der Waals surface area contributed by atoms with Gasteiger partial charge in [-0.1, -0.05) is 13.0 Å². The Balaban J connectivity index is 2.01.